The average molecular weight is 325 g/mol. The second-order valence-corrected chi connectivity index (χ2v) is 6.42. The van der Waals surface area contributed by atoms with E-state index in [1.165, 1.54) is 0 Å². The van der Waals surface area contributed by atoms with Crippen LogP contribution in [0, 0.1) is 6.92 Å². The summed E-state index contributed by atoms with van der Waals surface area (Å²) in [6.07, 6.45) is 4.70. The Hall–Kier alpha value is -2.70. The Balaban J connectivity index is 1.61. The van der Waals surface area contributed by atoms with Crippen LogP contribution in [-0.4, -0.2) is 44.5 Å². The normalized spacial score (nSPS) is 20.6. The summed E-state index contributed by atoms with van der Waals surface area (Å²) in [6, 6.07) is 5.68. The number of amides is 1. The molecule has 2 heterocycles. The van der Waals surface area contributed by atoms with Crippen LogP contribution in [0.1, 0.15) is 46.9 Å². The van der Waals surface area contributed by atoms with Gasteiger partial charge in [0.1, 0.15) is 5.58 Å². The van der Waals surface area contributed by atoms with Crippen molar-refractivity contribution in [3.05, 3.63) is 41.4 Å². The first-order chi connectivity index (χ1) is 11.6. The summed E-state index contributed by atoms with van der Waals surface area (Å²) in [5, 5.41) is 15.4. The fourth-order valence-corrected chi connectivity index (χ4v) is 3.68. The third-order valence-electron chi connectivity index (χ3n) is 5.00. The minimum Gasteiger partial charge on any atom is -0.464 e. The monoisotopic (exact) mass is 325 g/mol. The Morgan fingerprint density at radius 2 is 2.25 bits per heavy atom. The molecule has 0 aliphatic heterocycles. The number of nitrogens with one attached hydrogen (secondary N) is 1. The first-order valence-corrected chi connectivity index (χ1v) is 8.13. The summed E-state index contributed by atoms with van der Waals surface area (Å²) in [6.45, 7) is 1.98. The van der Waals surface area contributed by atoms with Crippen molar-refractivity contribution >= 4 is 16.9 Å². The SMILES string of the molecule is Cc1coc2ccc(C(=O)N(C)C3CCCC3c3nn[nH]n3)cc12. The number of H-pyrrole nitrogens is 1. The molecular formula is C17H19N5O2. The summed E-state index contributed by atoms with van der Waals surface area (Å²) in [5.74, 6) is 0.841. The van der Waals surface area contributed by atoms with Crippen molar-refractivity contribution in [3.63, 3.8) is 0 Å². The number of carbonyl (C=O) groups is 1. The second kappa shape index (κ2) is 5.74. The highest BCUT2D eigenvalue weighted by atomic mass is 16.3. The lowest BCUT2D eigenvalue weighted by molar-refractivity contribution is 0.0720. The lowest BCUT2D eigenvalue weighted by atomic mass is 10.0. The number of aromatic nitrogens is 4. The molecule has 1 N–H and O–H groups in total. The van der Waals surface area contributed by atoms with E-state index in [1.807, 2.05) is 37.1 Å². The smallest absolute Gasteiger partial charge is 0.253 e. The Morgan fingerprint density at radius 3 is 3.04 bits per heavy atom. The van der Waals surface area contributed by atoms with Gasteiger partial charge in [-0.2, -0.15) is 5.21 Å². The molecule has 2 atom stereocenters. The number of benzene rings is 1. The summed E-state index contributed by atoms with van der Waals surface area (Å²) in [5.41, 5.74) is 2.51. The van der Waals surface area contributed by atoms with Crippen LogP contribution in [0.15, 0.2) is 28.9 Å². The predicted octanol–water partition coefficient (Wildman–Crippen LogP) is 2.66. The molecule has 7 heteroatoms. The van der Waals surface area contributed by atoms with Crippen molar-refractivity contribution < 1.29 is 9.21 Å². The molecule has 0 bridgehead atoms. The van der Waals surface area contributed by atoms with Gasteiger partial charge in [0, 0.05) is 30.0 Å². The Labute approximate surface area is 139 Å². The lowest BCUT2D eigenvalue weighted by Crippen LogP contribution is -2.38. The molecule has 4 rings (SSSR count). The van der Waals surface area contributed by atoms with E-state index in [2.05, 4.69) is 20.6 Å². The standard InChI is InChI=1S/C17H19N5O2/c1-10-9-24-15-7-6-11(8-13(10)15)17(23)22(2)14-5-3-4-12(14)16-18-20-21-19-16/h6-9,12,14H,3-5H2,1-2H3,(H,18,19,20,21). The molecule has 3 aromatic rings. The van der Waals surface area contributed by atoms with Gasteiger partial charge in [-0.25, -0.2) is 0 Å². The molecule has 124 valence electrons. The van der Waals surface area contributed by atoms with Gasteiger partial charge in [0.05, 0.1) is 6.26 Å². The Morgan fingerprint density at radius 1 is 1.38 bits per heavy atom. The van der Waals surface area contributed by atoms with Crippen LogP contribution in [0.2, 0.25) is 0 Å². The highest BCUT2D eigenvalue weighted by molar-refractivity contribution is 5.98. The maximum absolute atomic E-state index is 13.0. The molecular weight excluding hydrogens is 306 g/mol. The third kappa shape index (κ3) is 2.36. The maximum atomic E-state index is 13.0. The average Bonchev–Trinajstić information content (AvgIpc) is 3.33. The number of furan rings is 1. The van der Waals surface area contributed by atoms with E-state index in [4.69, 9.17) is 4.42 Å². The van der Waals surface area contributed by atoms with Gasteiger partial charge in [0.2, 0.25) is 0 Å². The van der Waals surface area contributed by atoms with Crippen molar-refractivity contribution in [3.8, 4) is 0 Å². The van der Waals surface area contributed by atoms with Gasteiger partial charge >= 0.3 is 0 Å². The van der Waals surface area contributed by atoms with Crippen LogP contribution < -0.4 is 0 Å². The van der Waals surface area contributed by atoms with Gasteiger partial charge in [-0.3, -0.25) is 4.79 Å². The molecule has 0 spiro atoms. The number of hydrogen-bond donors (Lipinski definition) is 1. The predicted molar refractivity (Wildman–Crippen MR) is 87.6 cm³/mol. The van der Waals surface area contributed by atoms with Gasteiger partial charge in [0.25, 0.3) is 5.91 Å². The van der Waals surface area contributed by atoms with Crippen molar-refractivity contribution in [1.29, 1.82) is 0 Å². The molecule has 1 fully saturated rings. The number of aromatic amines is 1. The lowest BCUT2D eigenvalue weighted by Gasteiger charge is -2.28. The maximum Gasteiger partial charge on any atom is 0.253 e. The number of rotatable bonds is 3. The molecule has 1 aliphatic carbocycles. The number of tetrazole rings is 1. The Kier molecular flexibility index (Phi) is 3.55. The molecule has 1 amide bonds. The minimum absolute atomic E-state index is 0.0119. The highest BCUT2D eigenvalue weighted by Gasteiger charge is 2.36. The van der Waals surface area contributed by atoms with E-state index in [0.29, 0.717) is 11.4 Å². The third-order valence-corrected chi connectivity index (χ3v) is 5.00. The fourth-order valence-electron chi connectivity index (χ4n) is 3.68. The number of fused-ring (bicyclic) bond motifs is 1. The summed E-state index contributed by atoms with van der Waals surface area (Å²) < 4.78 is 5.46. The van der Waals surface area contributed by atoms with Crippen molar-refractivity contribution in [1.82, 2.24) is 25.5 Å². The van der Waals surface area contributed by atoms with Gasteiger partial charge in [-0.1, -0.05) is 11.6 Å². The molecule has 0 saturated heterocycles. The molecule has 1 aromatic carbocycles. The largest absolute Gasteiger partial charge is 0.464 e. The van der Waals surface area contributed by atoms with Gasteiger partial charge in [-0.15, -0.1) is 10.2 Å². The molecule has 24 heavy (non-hydrogen) atoms. The van der Waals surface area contributed by atoms with Gasteiger partial charge in [0.15, 0.2) is 5.82 Å². The molecule has 2 unspecified atom stereocenters. The van der Waals surface area contributed by atoms with Crippen LogP contribution in [0.3, 0.4) is 0 Å². The summed E-state index contributed by atoms with van der Waals surface area (Å²) >= 11 is 0. The molecule has 2 aromatic heterocycles. The first kappa shape index (κ1) is 14.9. The molecule has 7 nitrogen and oxygen atoms in total. The zero-order chi connectivity index (χ0) is 16.7. The summed E-state index contributed by atoms with van der Waals surface area (Å²) in [4.78, 5) is 14.8. The zero-order valence-corrected chi connectivity index (χ0v) is 13.7. The first-order valence-electron chi connectivity index (χ1n) is 8.13. The quantitative estimate of drug-likeness (QED) is 0.800. The number of aryl methyl sites for hydroxylation is 1. The van der Waals surface area contributed by atoms with Gasteiger partial charge in [-0.05, 0) is 43.5 Å². The summed E-state index contributed by atoms with van der Waals surface area (Å²) in [7, 11) is 1.86. The van der Waals surface area contributed by atoms with Crippen molar-refractivity contribution in [2.24, 2.45) is 0 Å². The fraction of sp³-hybridized carbons (Fsp3) is 0.412. The van der Waals surface area contributed by atoms with E-state index >= 15 is 0 Å². The van der Waals surface area contributed by atoms with Crippen molar-refractivity contribution in [2.45, 2.75) is 38.1 Å². The van der Waals surface area contributed by atoms with Crippen molar-refractivity contribution in [2.75, 3.05) is 7.05 Å². The van der Waals surface area contributed by atoms with Gasteiger partial charge < -0.3 is 9.32 Å². The van der Waals surface area contributed by atoms with Crippen LogP contribution in [0.25, 0.3) is 11.0 Å². The molecule has 1 aliphatic rings. The Bertz CT molecular complexity index is 870. The minimum atomic E-state index is 0.0119. The number of likely N-dealkylation sites (N-methyl/N-ethyl adjacent to an activating group) is 1. The second-order valence-electron chi connectivity index (χ2n) is 6.42. The van der Waals surface area contributed by atoms with E-state index in [-0.39, 0.29) is 17.9 Å². The zero-order valence-electron chi connectivity index (χ0n) is 13.7. The number of hydrogen-bond acceptors (Lipinski definition) is 5. The van der Waals surface area contributed by atoms with Crippen LogP contribution in [0.5, 0.6) is 0 Å². The van der Waals surface area contributed by atoms with Crippen LogP contribution in [-0.2, 0) is 0 Å². The molecule has 0 radical (unpaired) electrons. The van der Waals surface area contributed by atoms with Crippen LogP contribution >= 0.6 is 0 Å². The number of nitrogens with zero attached hydrogens (tertiary/aromatic N) is 4. The van der Waals surface area contributed by atoms with E-state index < -0.39 is 0 Å². The topological polar surface area (TPSA) is 87.9 Å². The van der Waals surface area contributed by atoms with E-state index in [1.54, 1.807) is 6.26 Å². The van der Waals surface area contributed by atoms with E-state index in [0.717, 1.165) is 35.8 Å². The number of carbonyl (C=O) groups excluding carboxylic acids is 1. The highest BCUT2D eigenvalue weighted by Crippen LogP contribution is 2.36. The van der Waals surface area contributed by atoms with E-state index in [9.17, 15) is 4.79 Å². The molecule has 1 saturated carbocycles. The van der Waals surface area contributed by atoms with Crippen LogP contribution in [0.4, 0.5) is 0 Å².